The van der Waals surface area contributed by atoms with Gasteiger partial charge in [-0.25, -0.2) is 8.78 Å². The van der Waals surface area contributed by atoms with Crippen molar-refractivity contribution in [1.29, 1.82) is 0 Å². The van der Waals surface area contributed by atoms with Crippen LogP contribution in [0.5, 0.6) is 5.75 Å². The number of pyridine rings is 1. The van der Waals surface area contributed by atoms with Crippen LogP contribution in [0.3, 0.4) is 0 Å². The zero-order valence-electron chi connectivity index (χ0n) is 20.6. The fourth-order valence-corrected chi connectivity index (χ4v) is 4.97. The first-order chi connectivity index (χ1) is 17.4. The van der Waals surface area contributed by atoms with Crippen molar-refractivity contribution in [3.8, 4) is 22.6 Å². The van der Waals surface area contributed by atoms with Crippen LogP contribution in [-0.4, -0.2) is 37.9 Å². The van der Waals surface area contributed by atoms with Gasteiger partial charge >= 0.3 is 0 Å². The Morgan fingerprint density at radius 2 is 1.61 bits per heavy atom. The maximum absolute atomic E-state index is 15.6. The summed E-state index contributed by atoms with van der Waals surface area (Å²) >= 11 is 0. The lowest BCUT2D eigenvalue weighted by Gasteiger charge is -2.31. The number of ether oxygens (including phenoxy) is 1. The van der Waals surface area contributed by atoms with Crippen LogP contribution in [-0.2, 0) is 0 Å². The topological polar surface area (TPSA) is 46.5 Å². The Bertz CT molecular complexity index is 1490. The smallest absolute Gasteiger partial charge is 0.257 e. The van der Waals surface area contributed by atoms with E-state index in [4.69, 9.17) is 4.74 Å². The van der Waals surface area contributed by atoms with E-state index in [-0.39, 0.29) is 22.6 Å². The van der Waals surface area contributed by atoms with Crippen LogP contribution in [0.2, 0.25) is 0 Å². The van der Waals surface area contributed by atoms with Gasteiger partial charge in [-0.05, 0) is 41.8 Å². The van der Waals surface area contributed by atoms with Crippen molar-refractivity contribution < 1.29 is 13.5 Å². The molecule has 1 fully saturated rings. The highest BCUT2D eigenvalue weighted by Gasteiger charge is 2.22. The van der Waals surface area contributed by atoms with Gasteiger partial charge in [0.15, 0.2) is 0 Å². The molecule has 1 aliphatic rings. The minimum atomic E-state index is -0.595. The third-order valence-corrected chi connectivity index (χ3v) is 6.81. The van der Waals surface area contributed by atoms with Crippen molar-refractivity contribution in [2.45, 2.75) is 19.8 Å². The Morgan fingerprint density at radius 1 is 0.889 bits per heavy atom. The highest BCUT2D eigenvalue weighted by Crippen LogP contribution is 2.36. The fourth-order valence-electron chi connectivity index (χ4n) is 4.97. The predicted octanol–water partition coefficient (Wildman–Crippen LogP) is 5.48. The van der Waals surface area contributed by atoms with Crippen LogP contribution in [0, 0.1) is 11.6 Å². The van der Waals surface area contributed by atoms with Gasteiger partial charge in [-0.1, -0.05) is 32.0 Å². The normalized spacial score (nSPS) is 14.0. The Hall–Kier alpha value is -3.71. The molecule has 0 atom stereocenters. The number of hydrogen-bond donors (Lipinski definition) is 1. The molecule has 1 N–H and O–H groups in total. The number of aromatic nitrogens is 1. The molecule has 3 aromatic carbocycles. The number of nitrogens with zero attached hydrogens (tertiary/aromatic N) is 2. The number of benzene rings is 3. The third kappa shape index (κ3) is 4.24. The van der Waals surface area contributed by atoms with Gasteiger partial charge in [-0.3, -0.25) is 9.36 Å². The highest BCUT2D eigenvalue weighted by atomic mass is 19.1. The highest BCUT2D eigenvalue weighted by molar-refractivity contribution is 5.96. The first-order valence-electron chi connectivity index (χ1n) is 12.2. The van der Waals surface area contributed by atoms with E-state index in [1.54, 1.807) is 22.8 Å². The van der Waals surface area contributed by atoms with E-state index in [1.807, 2.05) is 24.3 Å². The molecule has 0 unspecified atom stereocenters. The molecule has 1 saturated heterocycles. The summed E-state index contributed by atoms with van der Waals surface area (Å²) in [5, 5.41) is 3.93. The number of nitrogens with one attached hydrogen (secondary N) is 1. The molecule has 186 valence electrons. The average Bonchev–Trinajstić information content (AvgIpc) is 2.89. The van der Waals surface area contributed by atoms with E-state index >= 15 is 8.78 Å². The maximum Gasteiger partial charge on any atom is 0.257 e. The molecule has 0 amide bonds. The van der Waals surface area contributed by atoms with Crippen LogP contribution < -0.4 is 20.5 Å². The van der Waals surface area contributed by atoms with Gasteiger partial charge in [0.2, 0.25) is 0 Å². The molecule has 0 radical (unpaired) electrons. The standard InChI is InChI=1S/C29H29F2N3O2/c1-18(2)20-6-4-5-7-26(20)34-28-16-22(21-9-8-19(36-3)14-24(21)30)25(31)15-23(28)27(17-29(34)35)33-12-10-32-11-13-33/h4-9,14-18,32H,10-13H2,1-3H3. The molecule has 0 bridgehead atoms. The van der Waals surface area contributed by atoms with Gasteiger partial charge in [0.25, 0.3) is 5.56 Å². The third-order valence-electron chi connectivity index (χ3n) is 6.81. The molecule has 36 heavy (non-hydrogen) atoms. The summed E-state index contributed by atoms with van der Waals surface area (Å²) in [6, 6.07) is 16.7. The summed E-state index contributed by atoms with van der Waals surface area (Å²) in [7, 11) is 1.45. The van der Waals surface area contributed by atoms with E-state index < -0.39 is 11.6 Å². The van der Waals surface area contributed by atoms with E-state index in [9.17, 15) is 4.79 Å². The zero-order valence-corrected chi connectivity index (χ0v) is 20.6. The average molecular weight is 490 g/mol. The van der Waals surface area contributed by atoms with E-state index in [2.05, 4.69) is 24.1 Å². The molecule has 7 heteroatoms. The molecular weight excluding hydrogens is 460 g/mol. The number of hydrogen-bond acceptors (Lipinski definition) is 4. The van der Waals surface area contributed by atoms with Crippen LogP contribution in [0.15, 0.2) is 65.5 Å². The second-order valence-electron chi connectivity index (χ2n) is 9.35. The quantitative estimate of drug-likeness (QED) is 0.404. The molecule has 0 aliphatic carbocycles. The first-order valence-corrected chi connectivity index (χ1v) is 12.2. The Labute approximate surface area is 208 Å². The Balaban J connectivity index is 1.84. The number of fused-ring (bicyclic) bond motifs is 1. The molecule has 5 rings (SSSR count). The number of anilines is 1. The SMILES string of the molecule is COc1ccc(-c2cc3c(cc2F)c(N2CCNCC2)cc(=O)n3-c2ccccc2C(C)C)c(F)c1. The van der Waals surface area contributed by atoms with Gasteiger partial charge in [-0.2, -0.15) is 0 Å². The van der Waals surface area contributed by atoms with Gasteiger partial charge in [0.05, 0.1) is 24.0 Å². The molecule has 1 aliphatic heterocycles. The number of methoxy groups -OCH3 is 1. The van der Waals surface area contributed by atoms with Crippen LogP contribution in [0.4, 0.5) is 14.5 Å². The van der Waals surface area contributed by atoms with E-state index in [0.717, 1.165) is 24.3 Å². The summed E-state index contributed by atoms with van der Waals surface area (Å²) in [4.78, 5) is 15.8. The second kappa shape index (κ2) is 9.74. The Kier molecular flexibility index (Phi) is 6.49. The summed E-state index contributed by atoms with van der Waals surface area (Å²) < 4.78 is 37.4. The van der Waals surface area contributed by atoms with E-state index in [1.165, 1.54) is 25.3 Å². The summed E-state index contributed by atoms with van der Waals surface area (Å²) in [5.74, 6) is -0.635. The second-order valence-corrected chi connectivity index (χ2v) is 9.35. The largest absolute Gasteiger partial charge is 0.497 e. The molecular formula is C29H29F2N3O2. The molecule has 0 spiro atoms. The minimum absolute atomic E-state index is 0.0929. The lowest BCUT2D eigenvalue weighted by molar-refractivity contribution is 0.411. The predicted molar refractivity (Wildman–Crippen MR) is 141 cm³/mol. The lowest BCUT2D eigenvalue weighted by atomic mass is 9.98. The van der Waals surface area contributed by atoms with Crippen molar-refractivity contribution in [3.05, 3.63) is 88.2 Å². The van der Waals surface area contributed by atoms with Gasteiger partial charge in [0.1, 0.15) is 17.4 Å². The maximum atomic E-state index is 15.6. The van der Waals surface area contributed by atoms with Crippen molar-refractivity contribution in [3.63, 3.8) is 0 Å². The molecule has 5 nitrogen and oxygen atoms in total. The van der Waals surface area contributed by atoms with E-state index in [0.29, 0.717) is 35.4 Å². The lowest BCUT2D eigenvalue weighted by Crippen LogP contribution is -2.44. The van der Waals surface area contributed by atoms with Crippen LogP contribution >= 0.6 is 0 Å². The number of piperazine rings is 1. The summed E-state index contributed by atoms with van der Waals surface area (Å²) in [6.07, 6.45) is 0. The van der Waals surface area contributed by atoms with Crippen LogP contribution in [0.25, 0.3) is 27.7 Å². The Morgan fingerprint density at radius 3 is 2.31 bits per heavy atom. The van der Waals surface area contributed by atoms with Crippen molar-refractivity contribution >= 4 is 16.6 Å². The molecule has 4 aromatic rings. The number of para-hydroxylation sites is 1. The van der Waals surface area contributed by atoms with Crippen LogP contribution in [0.1, 0.15) is 25.3 Å². The molecule has 1 aromatic heterocycles. The monoisotopic (exact) mass is 489 g/mol. The molecule has 2 heterocycles. The summed E-state index contributed by atoms with van der Waals surface area (Å²) in [5.41, 5.74) is 2.96. The van der Waals surface area contributed by atoms with Crippen molar-refractivity contribution in [2.24, 2.45) is 0 Å². The fraction of sp³-hybridized carbons (Fsp3) is 0.276. The molecule has 0 saturated carbocycles. The summed E-state index contributed by atoms with van der Waals surface area (Å²) in [6.45, 7) is 7.10. The minimum Gasteiger partial charge on any atom is -0.497 e. The van der Waals surface area contributed by atoms with Gasteiger partial charge in [0, 0.05) is 54.8 Å². The van der Waals surface area contributed by atoms with Gasteiger partial charge < -0.3 is 15.0 Å². The van der Waals surface area contributed by atoms with Crippen molar-refractivity contribution in [2.75, 3.05) is 38.2 Å². The zero-order chi connectivity index (χ0) is 25.4. The number of halogens is 2. The number of rotatable bonds is 5. The van der Waals surface area contributed by atoms with Crippen molar-refractivity contribution in [1.82, 2.24) is 9.88 Å². The van der Waals surface area contributed by atoms with Gasteiger partial charge in [-0.15, -0.1) is 0 Å². The first kappa shape index (κ1) is 24.0.